The fourth-order valence-corrected chi connectivity index (χ4v) is 2.93. The minimum atomic E-state index is -0.0421. The zero-order chi connectivity index (χ0) is 17.8. The van der Waals surface area contributed by atoms with Gasteiger partial charge in [0.15, 0.2) is 0 Å². The summed E-state index contributed by atoms with van der Waals surface area (Å²) in [7, 11) is 0. The van der Waals surface area contributed by atoms with Gasteiger partial charge in [0, 0.05) is 0 Å². The fraction of sp³-hybridized carbons (Fsp3) is 0.652. The molecular formula is C23H36O2. The van der Waals surface area contributed by atoms with Crippen molar-refractivity contribution in [2.75, 3.05) is 13.2 Å². The first-order chi connectivity index (χ1) is 12.2. The number of benzene rings is 1. The topological polar surface area (TPSA) is 21.8 Å². The van der Waals surface area contributed by atoms with Gasteiger partial charge in [-0.25, -0.2) is 0 Å². The lowest BCUT2D eigenvalue weighted by molar-refractivity contribution is 0.202. The highest BCUT2D eigenvalue weighted by molar-refractivity contribution is 5.28. The molecule has 2 heteroatoms. The van der Waals surface area contributed by atoms with Gasteiger partial charge in [-0.1, -0.05) is 56.9 Å². The summed E-state index contributed by atoms with van der Waals surface area (Å²) in [5, 5.41) is 0. The summed E-state index contributed by atoms with van der Waals surface area (Å²) in [6.45, 7) is 5.83. The molecule has 0 aliphatic carbocycles. The van der Waals surface area contributed by atoms with Crippen LogP contribution in [0.25, 0.3) is 0 Å². The van der Waals surface area contributed by atoms with Crippen LogP contribution in [0.1, 0.15) is 77.2 Å². The van der Waals surface area contributed by atoms with Crippen molar-refractivity contribution in [2.45, 2.75) is 83.7 Å². The molecule has 0 bridgehead atoms. The Hall–Kier alpha value is -1.28. The Balaban J connectivity index is 1.50. The molecule has 1 aliphatic heterocycles. The lowest BCUT2D eigenvalue weighted by atomic mass is 10.1. The van der Waals surface area contributed by atoms with Crippen molar-refractivity contribution in [3.63, 3.8) is 0 Å². The van der Waals surface area contributed by atoms with Gasteiger partial charge >= 0.3 is 0 Å². The molecule has 1 aromatic carbocycles. The summed E-state index contributed by atoms with van der Waals surface area (Å²) in [6, 6.07) is 8.53. The largest absolute Gasteiger partial charge is 0.490 e. The van der Waals surface area contributed by atoms with Crippen molar-refractivity contribution in [3.8, 4) is 5.75 Å². The zero-order valence-corrected chi connectivity index (χ0v) is 16.3. The lowest BCUT2D eigenvalue weighted by Crippen LogP contribution is -2.16. The average molecular weight is 345 g/mol. The van der Waals surface area contributed by atoms with Gasteiger partial charge in [0.2, 0.25) is 0 Å². The van der Waals surface area contributed by atoms with Crippen LogP contribution in [0.15, 0.2) is 36.4 Å². The molecule has 1 aliphatic rings. The van der Waals surface area contributed by atoms with E-state index in [2.05, 4.69) is 44.2 Å². The Bertz CT molecular complexity index is 503. The predicted octanol–water partition coefficient (Wildman–Crippen LogP) is 6.48. The molecule has 140 valence electrons. The molecule has 1 heterocycles. The highest BCUT2D eigenvalue weighted by Crippen LogP contribution is 2.27. The molecule has 1 saturated heterocycles. The van der Waals surface area contributed by atoms with E-state index >= 15 is 0 Å². The molecule has 0 N–H and O–H groups in total. The fourth-order valence-electron chi connectivity index (χ4n) is 2.93. The molecule has 0 amide bonds. The molecule has 0 saturated carbocycles. The third-order valence-corrected chi connectivity index (χ3v) is 4.81. The number of epoxide rings is 1. The molecule has 1 unspecified atom stereocenters. The van der Waals surface area contributed by atoms with Crippen molar-refractivity contribution >= 4 is 0 Å². The van der Waals surface area contributed by atoms with Crippen molar-refractivity contribution < 1.29 is 9.47 Å². The number of hydrogen-bond acceptors (Lipinski definition) is 2. The third kappa shape index (κ3) is 9.11. The van der Waals surface area contributed by atoms with Crippen molar-refractivity contribution in [1.29, 1.82) is 0 Å². The van der Waals surface area contributed by atoms with E-state index in [9.17, 15) is 0 Å². The van der Waals surface area contributed by atoms with Crippen LogP contribution >= 0.6 is 0 Å². The molecule has 25 heavy (non-hydrogen) atoms. The van der Waals surface area contributed by atoms with Gasteiger partial charge < -0.3 is 9.47 Å². The number of unbranched alkanes of at least 4 members (excludes halogenated alkanes) is 7. The second kappa shape index (κ2) is 11.4. The van der Waals surface area contributed by atoms with Crippen LogP contribution < -0.4 is 4.74 Å². The van der Waals surface area contributed by atoms with Gasteiger partial charge in [0.1, 0.15) is 18.0 Å². The number of ether oxygens (including phenoxy) is 2. The summed E-state index contributed by atoms with van der Waals surface area (Å²) < 4.78 is 11.2. The van der Waals surface area contributed by atoms with E-state index in [0.717, 1.165) is 18.8 Å². The van der Waals surface area contributed by atoms with Crippen LogP contribution in [0.3, 0.4) is 0 Å². The first kappa shape index (κ1) is 20.0. The second-order valence-electron chi connectivity index (χ2n) is 7.59. The van der Waals surface area contributed by atoms with Gasteiger partial charge in [0.25, 0.3) is 0 Å². The van der Waals surface area contributed by atoms with Crippen LogP contribution in [0.4, 0.5) is 0 Å². The maximum Gasteiger partial charge on any atom is 0.123 e. The molecule has 0 spiro atoms. The lowest BCUT2D eigenvalue weighted by Gasteiger charge is -2.10. The van der Waals surface area contributed by atoms with Gasteiger partial charge in [-0.2, -0.15) is 0 Å². The van der Waals surface area contributed by atoms with E-state index in [0.29, 0.717) is 6.61 Å². The Labute approximate surface area is 154 Å². The van der Waals surface area contributed by atoms with Gasteiger partial charge in [0.05, 0.1) is 6.61 Å². The standard InChI is InChI=1S/C23H36O2/c1-3-4-5-6-7-8-9-10-11-12-13-15-21-16-14-17-22(18-21)24-19-23(2)20-25-23/h8-9,14,16-18H,3-7,10-13,15,19-20H2,1-2H3/b9-8+. The normalized spacial score (nSPS) is 19.4. The van der Waals surface area contributed by atoms with Crippen LogP contribution in [0, 0.1) is 0 Å². The highest BCUT2D eigenvalue weighted by Gasteiger charge is 2.40. The first-order valence-corrected chi connectivity index (χ1v) is 10.2. The van der Waals surface area contributed by atoms with E-state index in [1.807, 2.05) is 6.07 Å². The molecular weight excluding hydrogens is 308 g/mol. The first-order valence-electron chi connectivity index (χ1n) is 10.2. The minimum Gasteiger partial charge on any atom is -0.490 e. The highest BCUT2D eigenvalue weighted by atomic mass is 16.6. The number of allylic oxidation sites excluding steroid dienone is 2. The summed E-state index contributed by atoms with van der Waals surface area (Å²) in [4.78, 5) is 0. The molecule has 1 aromatic rings. The molecule has 1 fully saturated rings. The smallest absolute Gasteiger partial charge is 0.123 e. The molecule has 1 atom stereocenters. The maximum atomic E-state index is 5.85. The molecule has 0 aromatic heterocycles. The van der Waals surface area contributed by atoms with E-state index in [1.54, 1.807) is 0 Å². The average Bonchev–Trinajstić information content (AvgIpc) is 3.36. The Morgan fingerprint density at radius 3 is 2.44 bits per heavy atom. The Morgan fingerprint density at radius 2 is 1.76 bits per heavy atom. The van der Waals surface area contributed by atoms with E-state index in [-0.39, 0.29) is 5.60 Å². The molecule has 0 radical (unpaired) electrons. The summed E-state index contributed by atoms with van der Waals surface area (Å²) in [5.74, 6) is 0.972. The van der Waals surface area contributed by atoms with Crippen molar-refractivity contribution in [1.82, 2.24) is 0 Å². The van der Waals surface area contributed by atoms with E-state index < -0.39 is 0 Å². The van der Waals surface area contributed by atoms with Crippen molar-refractivity contribution in [3.05, 3.63) is 42.0 Å². The van der Waals surface area contributed by atoms with E-state index in [4.69, 9.17) is 9.47 Å². The SMILES string of the molecule is CCCCCC/C=C/CCCCCc1cccc(OCC2(C)CO2)c1. The Kier molecular flexibility index (Phi) is 9.10. The quantitative estimate of drug-likeness (QED) is 0.219. The van der Waals surface area contributed by atoms with Crippen LogP contribution in [0.2, 0.25) is 0 Å². The van der Waals surface area contributed by atoms with E-state index in [1.165, 1.54) is 63.4 Å². The van der Waals surface area contributed by atoms with Crippen molar-refractivity contribution in [2.24, 2.45) is 0 Å². The Morgan fingerprint density at radius 1 is 1.04 bits per heavy atom. The van der Waals surface area contributed by atoms with Gasteiger partial charge in [-0.15, -0.1) is 0 Å². The summed E-state index contributed by atoms with van der Waals surface area (Å²) in [5.41, 5.74) is 1.34. The summed E-state index contributed by atoms with van der Waals surface area (Å²) >= 11 is 0. The summed E-state index contributed by atoms with van der Waals surface area (Å²) in [6.07, 6.45) is 17.7. The minimum absolute atomic E-state index is 0.0421. The molecule has 2 rings (SSSR count). The monoisotopic (exact) mass is 344 g/mol. The zero-order valence-electron chi connectivity index (χ0n) is 16.3. The van der Waals surface area contributed by atoms with Crippen LogP contribution in [0.5, 0.6) is 5.75 Å². The van der Waals surface area contributed by atoms with Crippen LogP contribution in [-0.4, -0.2) is 18.8 Å². The number of rotatable bonds is 14. The van der Waals surface area contributed by atoms with Gasteiger partial charge in [-0.3, -0.25) is 0 Å². The predicted molar refractivity (Wildman–Crippen MR) is 106 cm³/mol. The van der Waals surface area contributed by atoms with Crippen LogP contribution in [-0.2, 0) is 11.2 Å². The third-order valence-electron chi connectivity index (χ3n) is 4.81. The van der Waals surface area contributed by atoms with Gasteiger partial charge in [-0.05, 0) is 63.1 Å². The number of hydrogen-bond donors (Lipinski definition) is 0. The second-order valence-corrected chi connectivity index (χ2v) is 7.59. The molecule has 2 nitrogen and oxygen atoms in total. The number of aryl methyl sites for hydroxylation is 1. The maximum absolute atomic E-state index is 5.85.